The summed E-state index contributed by atoms with van der Waals surface area (Å²) in [6.07, 6.45) is 1.43. The average molecular weight is 257 g/mol. The highest BCUT2D eigenvalue weighted by molar-refractivity contribution is 5.65. The Balaban J connectivity index is 2.34. The summed E-state index contributed by atoms with van der Waals surface area (Å²) in [6.45, 7) is 1.86. The molecule has 0 unspecified atom stereocenters. The molecule has 0 aliphatic carbocycles. The predicted molar refractivity (Wildman–Crippen MR) is 70.7 cm³/mol. The minimum absolute atomic E-state index is 0.00875. The van der Waals surface area contributed by atoms with Gasteiger partial charge in [0.1, 0.15) is 29.8 Å². The van der Waals surface area contributed by atoms with E-state index in [4.69, 9.17) is 5.26 Å². The second kappa shape index (κ2) is 5.31. The van der Waals surface area contributed by atoms with E-state index in [0.717, 1.165) is 5.56 Å². The van der Waals surface area contributed by atoms with Crippen LogP contribution >= 0.6 is 0 Å². The third-order valence-corrected chi connectivity index (χ3v) is 2.67. The number of nitriles is 1. The summed E-state index contributed by atoms with van der Waals surface area (Å²) in [6, 6.07) is 6.04. The van der Waals surface area contributed by atoms with Gasteiger partial charge in [0.2, 0.25) is 0 Å². The Morgan fingerprint density at radius 1 is 1.26 bits per heavy atom. The zero-order chi connectivity index (χ0) is 13.8. The first-order valence-corrected chi connectivity index (χ1v) is 5.61. The Kier molecular flexibility index (Phi) is 3.57. The molecule has 0 radical (unpaired) electrons. The van der Waals surface area contributed by atoms with Crippen LogP contribution in [0.25, 0.3) is 0 Å². The normalized spacial score (nSPS) is 9.79. The van der Waals surface area contributed by atoms with Crippen LogP contribution in [0.2, 0.25) is 0 Å². The molecule has 0 bridgehead atoms. The molecule has 96 valence electrons. The SMILES string of the molecule is CNc1ncnc(Nc2ccc(F)c(C#N)c2)c1C. The number of halogens is 1. The maximum absolute atomic E-state index is 13.2. The van der Waals surface area contributed by atoms with Crippen LogP contribution in [0.5, 0.6) is 0 Å². The van der Waals surface area contributed by atoms with Crippen molar-refractivity contribution in [1.82, 2.24) is 9.97 Å². The molecule has 0 atom stereocenters. The van der Waals surface area contributed by atoms with Crippen molar-refractivity contribution in [2.24, 2.45) is 0 Å². The van der Waals surface area contributed by atoms with Crippen molar-refractivity contribution in [3.8, 4) is 6.07 Å². The first kappa shape index (κ1) is 12.8. The van der Waals surface area contributed by atoms with E-state index in [0.29, 0.717) is 17.3 Å². The van der Waals surface area contributed by atoms with Crippen molar-refractivity contribution in [3.05, 3.63) is 41.5 Å². The average Bonchev–Trinajstić information content (AvgIpc) is 2.43. The maximum atomic E-state index is 13.2. The van der Waals surface area contributed by atoms with Crippen LogP contribution < -0.4 is 10.6 Å². The van der Waals surface area contributed by atoms with Crippen molar-refractivity contribution >= 4 is 17.3 Å². The van der Waals surface area contributed by atoms with Crippen molar-refractivity contribution in [2.45, 2.75) is 6.92 Å². The van der Waals surface area contributed by atoms with E-state index in [1.165, 1.54) is 18.5 Å². The molecular weight excluding hydrogens is 245 g/mol. The number of nitrogens with one attached hydrogen (secondary N) is 2. The van der Waals surface area contributed by atoms with Crippen molar-refractivity contribution in [3.63, 3.8) is 0 Å². The van der Waals surface area contributed by atoms with Gasteiger partial charge in [-0.05, 0) is 25.1 Å². The highest BCUT2D eigenvalue weighted by Crippen LogP contribution is 2.23. The molecule has 2 aromatic rings. The minimum atomic E-state index is -0.539. The lowest BCUT2D eigenvalue weighted by Crippen LogP contribution is -2.02. The third-order valence-electron chi connectivity index (χ3n) is 2.67. The summed E-state index contributed by atoms with van der Waals surface area (Å²) < 4.78 is 13.2. The lowest BCUT2D eigenvalue weighted by molar-refractivity contribution is 0.624. The third kappa shape index (κ3) is 2.60. The standard InChI is InChI=1S/C13H12FN5/c1-8-12(16-2)17-7-18-13(8)19-10-3-4-11(14)9(5-10)6-15/h3-5,7H,1-2H3,(H2,16,17,18,19). The molecule has 2 rings (SSSR count). The monoisotopic (exact) mass is 257 g/mol. The van der Waals surface area contributed by atoms with Gasteiger partial charge < -0.3 is 10.6 Å². The molecule has 5 nitrogen and oxygen atoms in total. The smallest absolute Gasteiger partial charge is 0.141 e. The molecular formula is C13H12FN5. The first-order chi connectivity index (χ1) is 9.15. The van der Waals surface area contributed by atoms with Crippen molar-refractivity contribution in [1.29, 1.82) is 5.26 Å². The number of hydrogen-bond donors (Lipinski definition) is 2. The molecule has 0 saturated heterocycles. The Morgan fingerprint density at radius 2 is 2.00 bits per heavy atom. The summed E-state index contributed by atoms with van der Waals surface area (Å²) in [5.74, 6) is 0.776. The molecule has 0 aliphatic heterocycles. The minimum Gasteiger partial charge on any atom is -0.373 e. The Labute approximate surface area is 110 Å². The number of aromatic nitrogens is 2. The van der Waals surface area contributed by atoms with E-state index in [2.05, 4.69) is 20.6 Å². The van der Waals surface area contributed by atoms with Crippen LogP contribution in [0.1, 0.15) is 11.1 Å². The van der Waals surface area contributed by atoms with E-state index < -0.39 is 5.82 Å². The maximum Gasteiger partial charge on any atom is 0.141 e. The molecule has 0 fully saturated rings. The Hall–Kier alpha value is -2.68. The van der Waals surface area contributed by atoms with Crippen molar-refractivity contribution < 1.29 is 4.39 Å². The number of rotatable bonds is 3. The van der Waals surface area contributed by atoms with Gasteiger partial charge >= 0.3 is 0 Å². The summed E-state index contributed by atoms with van der Waals surface area (Å²) in [5.41, 5.74) is 1.43. The van der Waals surface area contributed by atoms with Crippen LogP contribution in [0.3, 0.4) is 0 Å². The van der Waals surface area contributed by atoms with E-state index in [1.54, 1.807) is 19.2 Å². The molecule has 2 N–H and O–H groups in total. The second-order valence-corrected chi connectivity index (χ2v) is 3.88. The largest absolute Gasteiger partial charge is 0.373 e. The van der Waals surface area contributed by atoms with Gasteiger partial charge in [-0.15, -0.1) is 0 Å². The van der Waals surface area contributed by atoms with Gasteiger partial charge in [-0.2, -0.15) is 5.26 Å². The highest BCUT2D eigenvalue weighted by Gasteiger charge is 2.07. The first-order valence-electron chi connectivity index (χ1n) is 5.61. The molecule has 6 heteroatoms. The van der Waals surface area contributed by atoms with Gasteiger partial charge in [0.15, 0.2) is 0 Å². The zero-order valence-corrected chi connectivity index (χ0v) is 10.5. The topological polar surface area (TPSA) is 73.6 Å². The lowest BCUT2D eigenvalue weighted by Gasteiger charge is -2.11. The fourth-order valence-corrected chi connectivity index (χ4v) is 1.65. The highest BCUT2D eigenvalue weighted by atomic mass is 19.1. The quantitative estimate of drug-likeness (QED) is 0.884. The van der Waals surface area contributed by atoms with E-state index in [-0.39, 0.29) is 5.56 Å². The van der Waals surface area contributed by atoms with Gasteiger partial charge in [-0.3, -0.25) is 0 Å². The predicted octanol–water partition coefficient (Wildman–Crippen LogP) is 2.58. The number of nitrogens with zero attached hydrogens (tertiary/aromatic N) is 3. The van der Waals surface area contributed by atoms with Crippen LogP contribution in [0, 0.1) is 24.1 Å². The van der Waals surface area contributed by atoms with Gasteiger partial charge in [-0.1, -0.05) is 0 Å². The van der Waals surface area contributed by atoms with Crippen LogP contribution in [-0.4, -0.2) is 17.0 Å². The summed E-state index contributed by atoms with van der Waals surface area (Å²) >= 11 is 0. The zero-order valence-electron chi connectivity index (χ0n) is 10.5. The number of anilines is 3. The second-order valence-electron chi connectivity index (χ2n) is 3.88. The van der Waals surface area contributed by atoms with E-state index in [1.807, 2.05) is 6.92 Å². The Bertz CT molecular complexity index is 648. The van der Waals surface area contributed by atoms with Crippen molar-refractivity contribution in [2.75, 3.05) is 17.7 Å². The lowest BCUT2D eigenvalue weighted by atomic mass is 10.2. The summed E-state index contributed by atoms with van der Waals surface area (Å²) in [4.78, 5) is 8.19. The Morgan fingerprint density at radius 3 is 2.68 bits per heavy atom. The van der Waals surface area contributed by atoms with Crippen LogP contribution in [0.4, 0.5) is 21.7 Å². The molecule has 0 spiro atoms. The molecule has 1 heterocycles. The summed E-state index contributed by atoms with van der Waals surface area (Å²) in [7, 11) is 1.77. The molecule has 0 aliphatic rings. The fourth-order valence-electron chi connectivity index (χ4n) is 1.65. The molecule has 0 amide bonds. The summed E-state index contributed by atoms with van der Waals surface area (Å²) in [5, 5.41) is 14.8. The van der Waals surface area contributed by atoms with Gasteiger partial charge in [0, 0.05) is 18.3 Å². The number of benzene rings is 1. The molecule has 1 aromatic heterocycles. The van der Waals surface area contributed by atoms with E-state index in [9.17, 15) is 4.39 Å². The molecule has 0 saturated carbocycles. The van der Waals surface area contributed by atoms with Gasteiger partial charge in [0.25, 0.3) is 0 Å². The molecule has 1 aromatic carbocycles. The van der Waals surface area contributed by atoms with Gasteiger partial charge in [0.05, 0.1) is 5.56 Å². The van der Waals surface area contributed by atoms with E-state index >= 15 is 0 Å². The fraction of sp³-hybridized carbons (Fsp3) is 0.154. The number of hydrogen-bond acceptors (Lipinski definition) is 5. The molecule has 19 heavy (non-hydrogen) atoms. The van der Waals surface area contributed by atoms with Crippen LogP contribution in [-0.2, 0) is 0 Å². The van der Waals surface area contributed by atoms with Crippen LogP contribution in [0.15, 0.2) is 24.5 Å². The van der Waals surface area contributed by atoms with Gasteiger partial charge in [-0.25, -0.2) is 14.4 Å².